The van der Waals surface area contributed by atoms with Crippen LogP contribution in [0.5, 0.6) is 0 Å². The minimum absolute atomic E-state index is 0.159. The third-order valence-electron chi connectivity index (χ3n) is 5.19. The van der Waals surface area contributed by atoms with Gasteiger partial charge in [0, 0.05) is 45.8 Å². The summed E-state index contributed by atoms with van der Waals surface area (Å²) in [6, 6.07) is 3.61. The summed E-state index contributed by atoms with van der Waals surface area (Å²) in [6.07, 6.45) is 1.06. The van der Waals surface area contributed by atoms with Crippen LogP contribution in [-0.4, -0.2) is 78.9 Å². The maximum absolute atomic E-state index is 13.4. The lowest BCUT2D eigenvalue weighted by Gasteiger charge is -2.38. The zero-order valence-electron chi connectivity index (χ0n) is 15.4. The third-order valence-corrected chi connectivity index (χ3v) is 5.19. The second kappa shape index (κ2) is 9.05. The Bertz CT molecular complexity index is 655. The number of morpholine rings is 1. The van der Waals surface area contributed by atoms with Gasteiger partial charge in [0.25, 0.3) is 5.91 Å². The summed E-state index contributed by atoms with van der Waals surface area (Å²) in [4.78, 5) is 16.5. The first-order valence-corrected chi connectivity index (χ1v) is 9.44. The number of hydrogen-bond acceptors (Lipinski definition) is 5. The normalized spacial score (nSPS) is 24.4. The van der Waals surface area contributed by atoms with Gasteiger partial charge in [0.05, 0.1) is 13.2 Å². The van der Waals surface area contributed by atoms with Gasteiger partial charge < -0.3 is 20.1 Å². The molecule has 2 aliphatic heterocycles. The SMILES string of the molecule is O=C1N(Cc2ccc(F)c(F)c2)CCC[C@@]1(O)CNCCN1CCOCC1. The monoisotopic (exact) mass is 383 g/mol. The van der Waals surface area contributed by atoms with Gasteiger partial charge in [0.1, 0.15) is 0 Å². The highest BCUT2D eigenvalue weighted by atomic mass is 19.2. The zero-order chi connectivity index (χ0) is 19.3. The standard InChI is InChI=1S/C19H27F2N3O3/c20-16-3-2-15(12-17(16)21)13-24-6-1-4-19(26,18(24)25)14-22-5-7-23-8-10-27-11-9-23/h2-3,12,22,26H,1,4-11,13-14H2/t19-/m1/s1. The Morgan fingerprint density at radius 2 is 1.96 bits per heavy atom. The van der Waals surface area contributed by atoms with E-state index in [-0.39, 0.29) is 19.0 Å². The van der Waals surface area contributed by atoms with Crippen molar-refractivity contribution in [1.29, 1.82) is 0 Å². The number of nitrogens with zero attached hydrogens (tertiary/aromatic N) is 2. The van der Waals surface area contributed by atoms with E-state index in [0.717, 1.165) is 45.0 Å². The first-order chi connectivity index (χ1) is 13.0. The topological polar surface area (TPSA) is 65.0 Å². The van der Waals surface area contributed by atoms with Gasteiger partial charge in [-0.25, -0.2) is 8.78 Å². The van der Waals surface area contributed by atoms with Crippen LogP contribution in [0.4, 0.5) is 8.78 Å². The molecule has 2 N–H and O–H groups in total. The Labute approximate surface area is 158 Å². The van der Waals surface area contributed by atoms with Crippen LogP contribution in [-0.2, 0) is 16.1 Å². The summed E-state index contributed by atoms with van der Waals surface area (Å²) >= 11 is 0. The summed E-state index contributed by atoms with van der Waals surface area (Å²) < 4.78 is 31.8. The number of carbonyl (C=O) groups is 1. The van der Waals surface area contributed by atoms with Crippen molar-refractivity contribution in [1.82, 2.24) is 15.1 Å². The quantitative estimate of drug-likeness (QED) is 0.680. The van der Waals surface area contributed by atoms with E-state index in [9.17, 15) is 18.7 Å². The van der Waals surface area contributed by atoms with E-state index in [2.05, 4.69) is 10.2 Å². The number of carbonyl (C=O) groups excluding carboxylic acids is 1. The molecule has 3 rings (SSSR count). The average molecular weight is 383 g/mol. The van der Waals surface area contributed by atoms with Crippen molar-refractivity contribution in [3.63, 3.8) is 0 Å². The van der Waals surface area contributed by atoms with Crippen molar-refractivity contribution in [2.24, 2.45) is 0 Å². The summed E-state index contributed by atoms with van der Waals surface area (Å²) in [6.45, 7) is 5.62. The first-order valence-electron chi connectivity index (χ1n) is 9.44. The van der Waals surface area contributed by atoms with E-state index in [0.29, 0.717) is 31.5 Å². The Hall–Kier alpha value is -1.61. The van der Waals surface area contributed by atoms with Gasteiger partial charge in [-0.15, -0.1) is 0 Å². The summed E-state index contributed by atoms with van der Waals surface area (Å²) in [5, 5.41) is 14.0. The van der Waals surface area contributed by atoms with Crippen LogP contribution in [0.25, 0.3) is 0 Å². The molecule has 2 aliphatic rings. The minimum atomic E-state index is -1.46. The smallest absolute Gasteiger partial charge is 0.256 e. The summed E-state index contributed by atoms with van der Waals surface area (Å²) in [5.74, 6) is -2.21. The van der Waals surface area contributed by atoms with Crippen molar-refractivity contribution < 1.29 is 23.4 Å². The Kier molecular flexibility index (Phi) is 6.75. The lowest BCUT2D eigenvalue weighted by Crippen LogP contribution is -2.58. The van der Waals surface area contributed by atoms with Crippen molar-refractivity contribution in [2.45, 2.75) is 25.0 Å². The number of halogens is 2. The average Bonchev–Trinajstić information content (AvgIpc) is 2.67. The molecule has 0 aliphatic carbocycles. The maximum Gasteiger partial charge on any atom is 0.256 e. The maximum atomic E-state index is 13.4. The molecule has 2 fully saturated rings. The Morgan fingerprint density at radius 1 is 1.19 bits per heavy atom. The van der Waals surface area contributed by atoms with Crippen LogP contribution in [0.3, 0.4) is 0 Å². The molecule has 6 nitrogen and oxygen atoms in total. The Balaban J connectivity index is 1.50. The van der Waals surface area contributed by atoms with Gasteiger partial charge in [-0.2, -0.15) is 0 Å². The predicted molar refractivity (Wildman–Crippen MR) is 96.1 cm³/mol. The number of piperidine rings is 1. The second-order valence-electron chi connectivity index (χ2n) is 7.24. The largest absolute Gasteiger partial charge is 0.379 e. The molecule has 8 heteroatoms. The van der Waals surface area contributed by atoms with Gasteiger partial charge in [0.15, 0.2) is 17.2 Å². The van der Waals surface area contributed by atoms with Crippen LogP contribution in [0, 0.1) is 11.6 Å². The molecule has 1 aromatic carbocycles. The number of benzene rings is 1. The number of nitrogens with one attached hydrogen (secondary N) is 1. The molecule has 0 unspecified atom stereocenters. The van der Waals surface area contributed by atoms with Crippen LogP contribution in [0.2, 0.25) is 0 Å². The molecular formula is C19H27F2N3O3. The number of hydrogen-bond donors (Lipinski definition) is 2. The molecule has 1 atom stereocenters. The fourth-order valence-electron chi connectivity index (χ4n) is 3.60. The molecule has 150 valence electrons. The predicted octanol–water partition coefficient (Wildman–Crippen LogP) is 0.740. The number of likely N-dealkylation sites (tertiary alicyclic amines) is 1. The van der Waals surface area contributed by atoms with Crippen molar-refractivity contribution in [3.05, 3.63) is 35.4 Å². The molecule has 1 aromatic rings. The van der Waals surface area contributed by atoms with Gasteiger partial charge >= 0.3 is 0 Å². The van der Waals surface area contributed by atoms with Crippen LogP contribution in [0.1, 0.15) is 18.4 Å². The molecule has 0 aromatic heterocycles. The highest BCUT2D eigenvalue weighted by molar-refractivity contribution is 5.86. The second-order valence-corrected chi connectivity index (χ2v) is 7.24. The molecule has 0 saturated carbocycles. The highest BCUT2D eigenvalue weighted by Crippen LogP contribution is 2.24. The van der Waals surface area contributed by atoms with E-state index in [1.165, 1.54) is 11.0 Å². The molecule has 27 heavy (non-hydrogen) atoms. The van der Waals surface area contributed by atoms with Gasteiger partial charge in [-0.3, -0.25) is 9.69 Å². The van der Waals surface area contributed by atoms with Gasteiger partial charge in [0.2, 0.25) is 0 Å². The van der Waals surface area contributed by atoms with Crippen LogP contribution < -0.4 is 5.32 Å². The molecule has 2 heterocycles. The molecule has 1 amide bonds. The van der Waals surface area contributed by atoms with E-state index >= 15 is 0 Å². The third kappa shape index (κ3) is 5.22. The van der Waals surface area contributed by atoms with E-state index in [1.54, 1.807) is 0 Å². The number of ether oxygens (including phenoxy) is 1. The lowest BCUT2D eigenvalue weighted by molar-refractivity contribution is -0.157. The summed E-state index contributed by atoms with van der Waals surface area (Å²) in [5.41, 5.74) is -0.950. The van der Waals surface area contributed by atoms with Crippen LogP contribution in [0.15, 0.2) is 18.2 Å². The number of rotatable bonds is 7. The van der Waals surface area contributed by atoms with Crippen molar-refractivity contribution in [2.75, 3.05) is 52.5 Å². The minimum Gasteiger partial charge on any atom is -0.379 e. The van der Waals surface area contributed by atoms with Crippen molar-refractivity contribution >= 4 is 5.91 Å². The summed E-state index contributed by atoms with van der Waals surface area (Å²) in [7, 11) is 0. The van der Waals surface area contributed by atoms with E-state index in [1.807, 2.05) is 0 Å². The van der Waals surface area contributed by atoms with E-state index in [4.69, 9.17) is 4.74 Å². The molecule has 0 radical (unpaired) electrons. The highest BCUT2D eigenvalue weighted by Gasteiger charge is 2.41. The molecular weight excluding hydrogens is 356 g/mol. The fourth-order valence-corrected chi connectivity index (χ4v) is 3.60. The van der Waals surface area contributed by atoms with Crippen molar-refractivity contribution in [3.8, 4) is 0 Å². The molecule has 0 spiro atoms. The first kappa shape index (κ1) is 20.1. The van der Waals surface area contributed by atoms with Gasteiger partial charge in [-0.1, -0.05) is 6.07 Å². The number of aliphatic hydroxyl groups is 1. The van der Waals surface area contributed by atoms with Crippen LogP contribution >= 0.6 is 0 Å². The van der Waals surface area contributed by atoms with Gasteiger partial charge in [-0.05, 0) is 30.5 Å². The molecule has 2 saturated heterocycles. The Morgan fingerprint density at radius 3 is 2.70 bits per heavy atom. The molecule has 0 bridgehead atoms. The zero-order valence-corrected chi connectivity index (χ0v) is 15.4. The lowest BCUT2D eigenvalue weighted by atomic mass is 9.91. The fraction of sp³-hybridized carbons (Fsp3) is 0.632. The van der Waals surface area contributed by atoms with E-state index < -0.39 is 17.2 Å². The number of amides is 1.